The molecular weight excluding hydrogens is 238 g/mol. The highest BCUT2D eigenvalue weighted by atomic mass is 19.1. The number of nitrogens with one attached hydrogen (secondary N) is 1. The number of amides is 1. The second-order valence-electron chi connectivity index (χ2n) is 4.77. The number of benzene rings is 1. The van der Waals surface area contributed by atoms with Gasteiger partial charge in [-0.1, -0.05) is 6.42 Å². The molecule has 0 bridgehead atoms. The van der Waals surface area contributed by atoms with Gasteiger partial charge in [0.15, 0.2) is 0 Å². The molecule has 1 saturated carbocycles. The Morgan fingerprint density at radius 3 is 2.67 bits per heavy atom. The fraction of sp³-hybridized carbons (Fsp3) is 0.462. The van der Waals surface area contributed by atoms with Crippen molar-refractivity contribution in [3.63, 3.8) is 0 Å². The Morgan fingerprint density at radius 2 is 2.06 bits per heavy atom. The highest BCUT2D eigenvalue weighted by Gasteiger charge is 2.30. The van der Waals surface area contributed by atoms with Gasteiger partial charge >= 0.3 is 0 Å². The third kappa shape index (κ3) is 2.51. The summed E-state index contributed by atoms with van der Waals surface area (Å²) in [5.41, 5.74) is 5.89. The molecule has 1 aliphatic carbocycles. The minimum absolute atomic E-state index is 0.123. The van der Waals surface area contributed by atoms with E-state index >= 15 is 0 Å². The van der Waals surface area contributed by atoms with E-state index < -0.39 is 11.6 Å². The van der Waals surface area contributed by atoms with Crippen molar-refractivity contribution in [1.82, 2.24) is 0 Å². The van der Waals surface area contributed by atoms with E-state index in [0.717, 1.165) is 25.0 Å². The lowest BCUT2D eigenvalue weighted by atomic mass is 10.0. The zero-order valence-electron chi connectivity index (χ0n) is 10.2. The Morgan fingerprint density at radius 1 is 1.33 bits per heavy atom. The first-order chi connectivity index (χ1) is 8.49. The molecule has 98 valence electrons. The van der Waals surface area contributed by atoms with Crippen molar-refractivity contribution in [1.29, 1.82) is 0 Å². The SMILES string of the molecule is Cc1cc(F)c(NC(=O)C2CCCC2N)cc1F. The molecule has 1 amide bonds. The molecule has 1 fully saturated rings. The van der Waals surface area contributed by atoms with Crippen LogP contribution in [0.2, 0.25) is 0 Å². The van der Waals surface area contributed by atoms with Crippen LogP contribution in [0.3, 0.4) is 0 Å². The van der Waals surface area contributed by atoms with Gasteiger partial charge in [0.25, 0.3) is 0 Å². The summed E-state index contributed by atoms with van der Waals surface area (Å²) in [6, 6.07) is 1.88. The van der Waals surface area contributed by atoms with Crippen LogP contribution in [-0.4, -0.2) is 11.9 Å². The van der Waals surface area contributed by atoms with Gasteiger partial charge in [-0.15, -0.1) is 0 Å². The minimum Gasteiger partial charge on any atom is -0.327 e. The largest absolute Gasteiger partial charge is 0.327 e. The summed E-state index contributed by atoms with van der Waals surface area (Å²) in [7, 11) is 0. The maximum absolute atomic E-state index is 13.6. The molecule has 0 saturated heterocycles. The van der Waals surface area contributed by atoms with Crippen molar-refractivity contribution in [2.45, 2.75) is 32.2 Å². The minimum atomic E-state index is -0.631. The summed E-state index contributed by atoms with van der Waals surface area (Å²) in [6.07, 6.45) is 2.38. The molecule has 3 N–H and O–H groups in total. The van der Waals surface area contributed by atoms with E-state index in [9.17, 15) is 13.6 Å². The maximum Gasteiger partial charge on any atom is 0.229 e. The topological polar surface area (TPSA) is 55.1 Å². The molecule has 0 aromatic heterocycles. The lowest BCUT2D eigenvalue weighted by Gasteiger charge is -2.15. The van der Waals surface area contributed by atoms with Gasteiger partial charge in [-0.3, -0.25) is 4.79 Å². The summed E-state index contributed by atoms with van der Waals surface area (Å²) in [4.78, 5) is 11.9. The molecule has 0 spiro atoms. The molecule has 0 aliphatic heterocycles. The van der Waals surface area contributed by atoms with Crippen LogP contribution in [0.25, 0.3) is 0 Å². The Labute approximate surface area is 104 Å². The van der Waals surface area contributed by atoms with Crippen molar-refractivity contribution in [3.05, 3.63) is 29.3 Å². The van der Waals surface area contributed by atoms with Crippen molar-refractivity contribution in [2.24, 2.45) is 11.7 Å². The fourth-order valence-corrected chi connectivity index (χ4v) is 2.28. The number of hydrogen-bond acceptors (Lipinski definition) is 2. The first-order valence-electron chi connectivity index (χ1n) is 6.01. The quantitative estimate of drug-likeness (QED) is 0.851. The molecule has 2 atom stereocenters. The van der Waals surface area contributed by atoms with Gasteiger partial charge in [0.05, 0.1) is 11.6 Å². The number of rotatable bonds is 2. The molecule has 18 heavy (non-hydrogen) atoms. The van der Waals surface area contributed by atoms with Gasteiger partial charge < -0.3 is 11.1 Å². The second kappa shape index (κ2) is 5.02. The van der Waals surface area contributed by atoms with Gasteiger partial charge in [-0.25, -0.2) is 8.78 Å². The van der Waals surface area contributed by atoms with Crippen LogP contribution in [0, 0.1) is 24.5 Å². The van der Waals surface area contributed by atoms with Crippen LogP contribution >= 0.6 is 0 Å². The van der Waals surface area contributed by atoms with Crippen LogP contribution in [0.5, 0.6) is 0 Å². The van der Waals surface area contributed by atoms with Gasteiger partial charge in [-0.2, -0.15) is 0 Å². The van der Waals surface area contributed by atoms with Crippen molar-refractivity contribution >= 4 is 11.6 Å². The van der Waals surface area contributed by atoms with E-state index in [0.29, 0.717) is 6.42 Å². The maximum atomic E-state index is 13.6. The lowest BCUT2D eigenvalue weighted by Crippen LogP contribution is -2.34. The predicted octanol–water partition coefficient (Wildman–Crippen LogP) is 2.34. The van der Waals surface area contributed by atoms with Crippen LogP contribution in [0.4, 0.5) is 14.5 Å². The van der Waals surface area contributed by atoms with E-state index in [4.69, 9.17) is 5.73 Å². The van der Waals surface area contributed by atoms with Crippen LogP contribution in [0.1, 0.15) is 24.8 Å². The molecular formula is C13H16F2N2O. The molecule has 0 radical (unpaired) electrons. The zero-order valence-corrected chi connectivity index (χ0v) is 10.2. The number of halogens is 2. The Hall–Kier alpha value is -1.49. The average Bonchev–Trinajstić information content (AvgIpc) is 2.72. The first-order valence-corrected chi connectivity index (χ1v) is 6.01. The zero-order chi connectivity index (χ0) is 13.3. The number of carbonyl (C=O) groups is 1. The molecule has 3 nitrogen and oxygen atoms in total. The summed E-state index contributed by atoms with van der Waals surface area (Å²) in [5.74, 6) is -1.81. The van der Waals surface area contributed by atoms with Gasteiger partial charge in [0.2, 0.25) is 5.91 Å². The second-order valence-corrected chi connectivity index (χ2v) is 4.77. The van der Waals surface area contributed by atoms with E-state index in [1.807, 2.05) is 0 Å². The highest BCUT2D eigenvalue weighted by Crippen LogP contribution is 2.26. The van der Waals surface area contributed by atoms with Gasteiger partial charge in [-0.05, 0) is 31.4 Å². The molecule has 1 aromatic rings. The Balaban J connectivity index is 2.14. The van der Waals surface area contributed by atoms with Crippen molar-refractivity contribution < 1.29 is 13.6 Å². The Bertz CT molecular complexity index is 476. The number of nitrogens with two attached hydrogens (primary N) is 1. The fourth-order valence-electron chi connectivity index (χ4n) is 2.28. The van der Waals surface area contributed by atoms with E-state index in [2.05, 4.69) is 5.32 Å². The Kier molecular flexibility index (Phi) is 3.61. The smallest absolute Gasteiger partial charge is 0.229 e. The molecule has 2 rings (SSSR count). The molecule has 5 heteroatoms. The summed E-state index contributed by atoms with van der Waals surface area (Å²) in [6.45, 7) is 1.47. The number of carbonyl (C=O) groups excluding carboxylic acids is 1. The van der Waals surface area contributed by atoms with Crippen LogP contribution < -0.4 is 11.1 Å². The van der Waals surface area contributed by atoms with Crippen LogP contribution in [-0.2, 0) is 4.79 Å². The van der Waals surface area contributed by atoms with Crippen molar-refractivity contribution in [2.75, 3.05) is 5.32 Å². The van der Waals surface area contributed by atoms with Gasteiger partial charge in [0.1, 0.15) is 11.6 Å². The highest BCUT2D eigenvalue weighted by molar-refractivity contribution is 5.93. The molecule has 1 aliphatic rings. The summed E-state index contributed by atoms with van der Waals surface area (Å²) >= 11 is 0. The normalized spacial score (nSPS) is 23.1. The monoisotopic (exact) mass is 254 g/mol. The predicted molar refractivity (Wildman–Crippen MR) is 65.0 cm³/mol. The lowest BCUT2D eigenvalue weighted by molar-refractivity contribution is -0.120. The molecule has 0 heterocycles. The standard InChI is InChI=1S/C13H16F2N2O/c1-7-5-10(15)12(6-9(7)14)17-13(18)8-3-2-4-11(8)16/h5-6,8,11H,2-4,16H2,1H3,(H,17,18). The van der Waals surface area contributed by atoms with E-state index in [1.165, 1.54) is 6.92 Å². The third-order valence-electron chi connectivity index (χ3n) is 3.41. The first kappa shape index (κ1) is 13.0. The average molecular weight is 254 g/mol. The van der Waals surface area contributed by atoms with Gasteiger partial charge in [0, 0.05) is 12.1 Å². The number of aryl methyl sites for hydroxylation is 1. The van der Waals surface area contributed by atoms with E-state index in [1.54, 1.807) is 0 Å². The van der Waals surface area contributed by atoms with Crippen molar-refractivity contribution in [3.8, 4) is 0 Å². The van der Waals surface area contributed by atoms with E-state index in [-0.39, 0.29) is 29.1 Å². The molecule has 1 aromatic carbocycles. The molecule has 2 unspecified atom stereocenters. The number of anilines is 1. The summed E-state index contributed by atoms with van der Waals surface area (Å²) < 4.78 is 26.9. The number of hydrogen-bond donors (Lipinski definition) is 2. The third-order valence-corrected chi connectivity index (χ3v) is 3.41. The summed E-state index contributed by atoms with van der Waals surface area (Å²) in [5, 5.41) is 2.42. The van der Waals surface area contributed by atoms with Crippen LogP contribution in [0.15, 0.2) is 12.1 Å².